The predicted octanol–water partition coefficient (Wildman–Crippen LogP) is 1.01. The Morgan fingerprint density at radius 2 is 2.18 bits per heavy atom. The second kappa shape index (κ2) is 6.90. The van der Waals surface area contributed by atoms with E-state index in [2.05, 4.69) is 5.32 Å². The van der Waals surface area contributed by atoms with Gasteiger partial charge in [-0.25, -0.2) is 8.42 Å². The van der Waals surface area contributed by atoms with Crippen LogP contribution in [-0.4, -0.2) is 49.9 Å². The van der Waals surface area contributed by atoms with Gasteiger partial charge in [-0.2, -0.15) is 5.26 Å². The van der Waals surface area contributed by atoms with Crippen molar-refractivity contribution in [2.24, 2.45) is 0 Å². The number of anilines is 1. The summed E-state index contributed by atoms with van der Waals surface area (Å²) in [7, 11) is -2.97. The maximum atomic E-state index is 12.2. The van der Waals surface area contributed by atoms with E-state index >= 15 is 0 Å². The number of nitriles is 1. The summed E-state index contributed by atoms with van der Waals surface area (Å²) in [6.45, 7) is 2.63. The number of carbonyl (C=O) groups excluding carboxylic acids is 1. The standard InChI is InChI=1S/C15H19N3O3S/c1-2-18(13-7-8-22(20,21)11-13)10-15(19)17-14-6-4-3-5-12(14)9-16/h3-6,13H,2,7-8,10-11H2,1H3,(H,17,19). The Kier molecular flexibility index (Phi) is 5.16. The van der Waals surface area contributed by atoms with Gasteiger partial charge in [0.2, 0.25) is 5.91 Å². The minimum Gasteiger partial charge on any atom is -0.324 e. The van der Waals surface area contributed by atoms with Crippen molar-refractivity contribution in [2.45, 2.75) is 19.4 Å². The molecule has 2 rings (SSSR count). The molecule has 7 heteroatoms. The van der Waals surface area contributed by atoms with Gasteiger partial charge in [0.15, 0.2) is 9.84 Å². The van der Waals surface area contributed by atoms with Crippen LogP contribution in [0, 0.1) is 11.3 Å². The largest absolute Gasteiger partial charge is 0.324 e. The molecule has 1 aliphatic rings. The third kappa shape index (κ3) is 4.06. The normalized spacial score (nSPS) is 19.8. The van der Waals surface area contributed by atoms with Crippen LogP contribution in [0.2, 0.25) is 0 Å². The van der Waals surface area contributed by atoms with Crippen molar-refractivity contribution in [3.05, 3.63) is 29.8 Å². The number of hydrogen-bond donors (Lipinski definition) is 1. The van der Waals surface area contributed by atoms with E-state index in [1.807, 2.05) is 17.9 Å². The molecule has 1 aliphatic heterocycles. The molecule has 0 aliphatic carbocycles. The maximum Gasteiger partial charge on any atom is 0.238 e. The highest BCUT2D eigenvalue weighted by Crippen LogP contribution is 2.18. The van der Waals surface area contributed by atoms with Crippen LogP contribution in [0.1, 0.15) is 18.9 Å². The van der Waals surface area contributed by atoms with E-state index in [4.69, 9.17) is 5.26 Å². The molecule has 0 spiro atoms. The fourth-order valence-corrected chi connectivity index (χ4v) is 4.39. The van der Waals surface area contributed by atoms with E-state index in [9.17, 15) is 13.2 Å². The summed E-state index contributed by atoms with van der Waals surface area (Å²) in [6, 6.07) is 8.71. The number of sulfone groups is 1. The number of hydrogen-bond acceptors (Lipinski definition) is 5. The van der Waals surface area contributed by atoms with E-state index in [0.29, 0.717) is 24.2 Å². The van der Waals surface area contributed by atoms with Gasteiger partial charge in [-0.3, -0.25) is 9.69 Å². The molecule has 6 nitrogen and oxygen atoms in total. The summed E-state index contributed by atoms with van der Waals surface area (Å²) < 4.78 is 23.1. The molecule has 1 atom stereocenters. The number of carbonyl (C=O) groups is 1. The fourth-order valence-electron chi connectivity index (χ4n) is 2.63. The second-order valence-corrected chi connectivity index (χ2v) is 7.55. The smallest absolute Gasteiger partial charge is 0.238 e. The van der Waals surface area contributed by atoms with E-state index < -0.39 is 9.84 Å². The second-order valence-electron chi connectivity index (χ2n) is 5.33. The predicted molar refractivity (Wildman–Crippen MR) is 84.1 cm³/mol. The number of benzene rings is 1. The SMILES string of the molecule is CCN(CC(=O)Nc1ccccc1C#N)C1CCS(=O)(=O)C1. The number of amides is 1. The number of nitrogens with one attached hydrogen (secondary N) is 1. The van der Waals surface area contributed by atoms with Crippen LogP contribution in [0.3, 0.4) is 0 Å². The third-order valence-electron chi connectivity index (χ3n) is 3.80. The van der Waals surface area contributed by atoms with Gasteiger partial charge >= 0.3 is 0 Å². The van der Waals surface area contributed by atoms with Crippen molar-refractivity contribution < 1.29 is 13.2 Å². The van der Waals surface area contributed by atoms with Gasteiger partial charge in [-0.15, -0.1) is 0 Å². The quantitative estimate of drug-likeness (QED) is 0.874. The average Bonchev–Trinajstić information content (AvgIpc) is 2.85. The Balaban J connectivity index is 2.00. The molecule has 118 valence electrons. The summed E-state index contributed by atoms with van der Waals surface area (Å²) in [4.78, 5) is 14.0. The van der Waals surface area contributed by atoms with Crippen LogP contribution in [0.15, 0.2) is 24.3 Å². The molecular weight excluding hydrogens is 302 g/mol. The maximum absolute atomic E-state index is 12.2. The van der Waals surface area contributed by atoms with Crippen LogP contribution in [0.5, 0.6) is 0 Å². The van der Waals surface area contributed by atoms with Crippen LogP contribution in [0.4, 0.5) is 5.69 Å². The molecule has 0 radical (unpaired) electrons. The summed E-state index contributed by atoms with van der Waals surface area (Å²) in [6.07, 6.45) is 0.568. The number of para-hydroxylation sites is 1. The summed E-state index contributed by atoms with van der Waals surface area (Å²) in [5.41, 5.74) is 0.882. The minimum atomic E-state index is -2.97. The highest BCUT2D eigenvalue weighted by Gasteiger charge is 2.32. The van der Waals surface area contributed by atoms with E-state index in [-0.39, 0.29) is 30.0 Å². The van der Waals surface area contributed by atoms with Crippen LogP contribution >= 0.6 is 0 Å². The van der Waals surface area contributed by atoms with Gasteiger partial charge in [-0.05, 0) is 25.1 Å². The molecule has 1 amide bonds. The lowest BCUT2D eigenvalue weighted by Crippen LogP contribution is -2.41. The van der Waals surface area contributed by atoms with Gasteiger partial charge < -0.3 is 5.32 Å². The Labute approximate surface area is 130 Å². The van der Waals surface area contributed by atoms with Crippen molar-refractivity contribution in [1.82, 2.24) is 4.90 Å². The van der Waals surface area contributed by atoms with Gasteiger partial charge in [0.05, 0.1) is 29.3 Å². The topological polar surface area (TPSA) is 90.3 Å². The summed E-state index contributed by atoms with van der Waals surface area (Å²) >= 11 is 0. The van der Waals surface area contributed by atoms with Crippen LogP contribution in [-0.2, 0) is 14.6 Å². The first-order valence-electron chi connectivity index (χ1n) is 7.18. The average molecular weight is 321 g/mol. The van der Waals surface area contributed by atoms with Gasteiger partial charge in [-0.1, -0.05) is 19.1 Å². The van der Waals surface area contributed by atoms with Gasteiger partial charge in [0, 0.05) is 6.04 Å². The Hall–Kier alpha value is -1.91. The molecule has 1 N–H and O–H groups in total. The third-order valence-corrected chi connectivity index (χ3v) is 5.55. The van der Waals surface area contributed by atoms with Crippen molar-refractivity contribution in [3.8, 4) is 6.07 Å². The van der Waals surface area contributed by atoms with E-state index in [0.717, 1.165) is 0 Å². The van der Waals surface area contributed by atoms with Crippen LogP contribution < -0.4 is 5.32 Å². The number of rotatable bonds is 5. The molecule has 0 bridgehead atoms. The Morgan fingerprint density at radius 1 is 1.45 bits per heavy atom. The first-order chi connectivity index (χ1) is 10.4. The zero-order valence-electron chi connectivity index (χ0n) is 12.4. The van der Waals surface area contributed by atoms with Crippen molar-refractivity contribution >= 4 is 21.4 Å². The van der Waals surface area contributed by atoms with Crippen molar-refractivity contribution in [3.63, 3.8) is 0 Å². The monoisotopic (exact) mass is 321 g/mol. The van der Waals surface area contributed by atoms with Gasteiger partial charge in [0.1, 0.15) is 6.07 Å². The zero-order valence-corrected chi connectivity index (χ0v) is 13.3. The molecular formula is C15H19N3O3S. The lowest BCUT2D eigenvalue weighted by atomic mass is 10.2. The number of likely N-dealkylation sites (N-methyl/N-ethyl adjacent to an activating group) is 1. The van der Waals surface area contributed by atoms with Crippen LogP contribution in [0.25, 0.3) is 0 Å². The molecule has 1 unspecified atom stereocenters. The van der Waals surface area contributed by atoms with Crippen molar-refractivity contribution in [1.29, 1.82) is 5.26 Å². The molecule has 1 fully saturated rings. The fraction of sp³-hybridized carbons (Fsp3) is 0.467. The highest BCUT2D eigenvalue weighted by atomic mass is 32.2. The highest BCUT2D eigenvalue weighted by molar-refractivity contribution is 7.91. The first kappa shape index (κ1) is 16.5. The Morgan fingerprint density at radius 3 is 2.77 bits per heavy atom. The van der Waals surface area contributed by atoms with Gasteiger partial charge in [0.25, 0.3) is 0 Å². The minimum absolute atomic E-state index is 0.105. The van der Waals surface area contributed by atoms with E-state index in [1.54, 1.807) is 24.3 Å². The molecule has 1 aromatic carbocycles. The zero-order chi connectivity index (χ0) is 16.2. The Bertz CT molecular complexity index is 694. The summed E-state index contributed by atoms with van der Waals surface area (Å²) in [5, 5.41) is 11.7. The molecule has 1 heterocycles. The molecule has 1 aromatic rings. The molecule has 0 saturated carbocycles. The molecule has 1 saturated heterocycles. The molecule has 0 aromatic heterocycles. The molecule has 22 heavy (non-hydrogen) atoms. The van der Waals surface area contributed by atoms with E-state index in [1.165, 1.54) is 0 Å². The lowest BCUT2D eigenvalue weighted by Gasteiger charge is -2.25. The first-order valence-corrected chi connectivity index (χ1v) is 9.00. The number of nitrogens with zero attached hydrogens (tertiary/aromatic N) is 2. The summed E-state index contributed by atoms with van der Waals surface area (Å²) in [5.74, 6) is 0.0597. The van der Waals surface area contributed by atoms with Crippen molar-refractivity contribution in [2.75, 3.05) is 29.9 Å². The lowest BCUT2D eigenvalue weighted by molar-refractivity contribution is -0.117.